The standard InChI is InChI=1S/C37H62O6/c1-5-9-13-17-18-19-20-21-25-31-29-32(35(38)41-26-22-14-10-6-2)30-33(36(39)42-27-23-15-11-7-3)34(31)37(40)43-28-24-16-12-8-4/h29-30H,5-28H2,1-4H3. The van der Waals surface area contributed by atoms with E-state index in [1.54, 1.807) is 6.07 Å². The van der Waals surface area contributed by atoms with Gasteiger partial charge in [-0.2, -0.15) is 0 Å². The van der Waals surface area contributed by atoms with E-state index in [0.717, 1.165) is 96.3 Å². The maximum Gasteiger partial charge on any atom is 0.339 e. The molecular weight excluding hydrogens is 540 g/mol. The zero-order valence-electron chi connectivity index (χ0n) is 28.1. The fourth-order valence-corrected chi connectivity index (χ4v) is 5.18. The second-order valence-corrected chi connectivity index (χ2v) is 11.9. The van der Waals surface area contributed by atoms with Gasteiger partial charge < -0.3 is 14.2 Å². The lowest BCUT2D eigenvalue weighted by Crippen LogP contribution is -2.20. The maximum absolute atomic E-state index is 13.5. The minimum absolute atomic E-state index is 0.115. The number of rotatable bonds is 27. The molecule has 0 aromatic heterocycles. The van der Waals surface area contributed by atoms with Crippen LogP contribution in [0.4, 0.5) is 0 Å². The Kier molecular flexibility index (Phi) is 23.4. The van der Waals surface area contributed by atoms with Gasteiger partial charge in [-0.3, -0.25) is 0 Å². The van der Waals surface area contributed by atoms with Gasteiger partial charge >= 0.3 is 17.9 Å². The first-order chi connectivity index (χ1) is 21.0. The van der Waals surface area contributed by atoms with Crippen molar-refractivity contribution in [2.75, 3.05) is 19.8 Å². The molecule has 0 aliphatic rings. The van der Waals surface area contributed by atoms with Crippen LogP contribution in [0.5, 0.6) is 0 Å². The van der Waals surface area contributed by atoms with Crippen molar-refractivity contribution >= 4 is 17.9 Å². The predicted octanol–water partition coefficient (Wildman–Crippen LogP) is 10.6. The third-order valence-corrected chi connectivity index (χ3v) is 7.87. The first-order valence-corrected chi connectivity index (χ1v) is 17.7. The minimum atomic E-state index is -0.579. The second kappa shape index (κ2) is 26.1. The van der Waals surface area contributed by atoms with E-state index in [1.807, 2.05) is 0 Å². The summed E-state index contributed by atoms with van der Waals surface area (Å²) < 4.78 is 16.9. The molecule has 0 amide bonds. The van der Waals surface area contributed by atoms with Crippen LogP contribution in [0.3, 0.4) is 0 Å². The van der Waals surface area contributed by atoms with Crippen molar-refractivity contribution in [2.45, 2.75) is 163 Å². The van der Waals surface area contributed by atoms with E-state index in [9.17, 15) is 14.4 Å². The zero-order valence-corrected chi connectivity index (χ0v) is 28.1. The van der Waals surface area contributed by atoms with Crippen LogP contribution >= 0.6 is 0 Å². The molecule has 0 atom stereocenters. The number of aryl methyl sites for hydroxylation is 1. The molecule has 1 aromatic rings. The van der Waals surface area contributed by atoms with Crippen LogP contribution in [0.15, 0.2) is 12.1 Å². The highest BCUT2D eigenvalue weighted by atomic mass is 16.5. The lowest BCUT2D eigenvalue weighted by Gasteiger charge is -2.16. The average Bonchev–Trinajstić information content (AvgIpc) is 3.01. The fraction of sp³-hybridized carbons (Fsp3) is 0.757. The van der Waals surface area contributed by atoms with E-state index in [4.69, 9.17) is 14.2 Å². The van der Waals surface area contributed by atoms with Gasteiger partial charge in [0, 0.05) is 0 Å². The minimum Gasteiger partial charge on any atom is -0.462 e. The molecule has 0 aliphatic heterocycles. The molecular formula is C37H62O6. The Morgan fingerprint density at radius 2 is 0.860 bits per heavy atom. The number of carbonyl (C=O) groups excluding carboxylic acids is 3. The van der Waals surface area contributed by atoms with Gasteiger partial charge in [-0.25, -0.2) is 14.4 Å². The Bertz CT molecular complexity index is 893. The Balaban J connectivity index is 3.19. The molecule has 0 N–H and O–H groups in total. The van der Waals surface area contributed by atoms with Gasteiger partial charge in [-0.1, -0.05) is 130 Å². The van der Waals surface area contributed by atoms with E-state index in [0.29, 0.717) is 30.8 Å². The highest BCUT2D eigenvalue weighted by molar-refractivity contribution is 6.06. The van der Waals surface area contributed by atoms with Crippen molar-refractivity contribution in [3.63, 3.8) is 0 Å². The Hall–Kier alpha value is -2.37. The first kappa shape index (κ1) is 38.7. The topological polar surface area (TPSA) is 78.9 Å². The van der Waals surface area contributed by atoms with Crippen LogP contribution < -0.4 is 0 Å². The van der Waals surface area contributed by atoms with E-state index >= 15 is 0 Å². The van der Waals surface area contributed by atoms with E-state index in [2.05, 4.69) is 27.7 Å². The van der Waals surface area contributed by atoms with Crippen LogP contribution in [0.25, 0.3) is 0 Å². The van der Waals surface area contributed by atoms with Crippen molar-refractivity contribution < 1.29 is 28.6 Å². The van der Waals surface area contributed by atoms with E-state index in [-0.39, 0.29) is 17.7 Å². The number of unbranched alkanes of at least 4 members (excludes halogenated alkanes) is 16. The van der Waals surface area contributed by atoms with Crippen LogP contribution in [-0.2, 0) is 20.6 Å². The molecule has 6 nitrogen and oxygen atoms in total. The molecule has 1 aromatic carbocycles. The Morgan fingerprint density at radius 1 is 0.465 bits per heavy atom. The number of hydrogen-bond donors (Lipinski definition) is 0. The molecule has 0 saturated carbocycles. The van der Waals surface area contributed by atoms with Gasteiger partial charge in [-0.15, -0.1) is 0 Å². The summed E-state index contributed by atoms with van der Waals surface area (Å²) in [6, 6.07) is 3.22. The number of benzene rings is 1. The highest BCUT2D eigenvalue weighted by Crippen LogP contribution is 2.24. The summed E-state index contributed by atoms with van der Waals surface area (Å²) >= 11 is 0. The quantitative estimate of drug-likeness (QED) is 0.0566. The molecule has 1 rings (SSSR count). The van der Waals surface area contributed by atoms with Gasteiger partial charge in [0.1, 0.15) is 0 Å². The molecule has 0 spiro atoms. The number of ether oxygens (including phenoxy) is 3. The monoisotopic (exact) mass is 602 g/mol. The molecule has 0 saturated heterocycles. The summed E-state index contributed by atoms with van der Waals surface area (Å²) in [4.78, 5) is 40.0. The number of carbonyl (C=O) groups is 3. The highest BCUT2D eigenvalue weighted by Gasteiger charge is 2.26. The lowest BCUT2D eigenvalue weighted by atomic mass is 9.93. The third kappa shape index (κ3) is 17.5. The smallest absolute Gasteiger partial charge is 0.339 e. The molecule has 0 unspecified atom stereocenters. The molecule has 0 aliphatic carbocycles. The molecule has 246 valence electrons. The largest absolute Gasteiger partial charge is 0.462 e. The van der Waals surface area contributed by atoms with E-state index in [1.165, 1.54) is 38.2 Å². The van der Waals surface area contributed by atoms with Crippen molar-refractivity contribution in [1.29, 1.82) is 0 Å². The zero-order chi connectivity index (χ0) is 31.5. The Labute approximate surface area is 263 Å². The molecule has 0 fully saturated rings. The molecule has 0 bridgehead atoms. The number of esters is 3. The number of hydrogen-bond acceptors (Lipinski definition) is 6. The summed E-state index contributed by atoms with van der Waals surface area (Å²) in [5.41, 5.74) is 1.32. The average molecular weight is 603 g/mol. The molecule has 0 radical (unpaired) electrons. The van der Waals surface area contributed by atoms with Gasteiger partial charge in [0.25, 0.3) is 0 Å². The van der Waals surface area contributed by atoms with Gasteiger partial charge in [-0.05, 0) is 49.8 Å². The van der Waals surface area contributed by atoms with Crippen molar-refractivity contribution in [3.8, 4) is 0 Å². The third-order valence-electron chi connectivity index (χ3n) is 7.87. The van der Waals surface area contributed by atoms with Crippen LogP contribution in [-0.4, -0.2) is 37.7 Å². The van der Waals surface area contributed by atoms with Crippen molar-refractivity contribution in [2.24, 2.45) is 0 Å². The van der Waals surface area contributed by atoms with Crippen LogP contribution in [0.1, 0.15) is 193 Å². The molecule has 43 heavy (non-hydrogen) atoms. The van der Waals surface area contributed by atoms with Crippen molar-refractivity contribution in [3.05, 3.63) is 34.4 Å². The second-order valence-electron chi connectivity index (χ2n) is 11.9. The van der Waals surface area contributed by atoms with Crippen LogP contribution in [0, 0.1) is 0 Å². The first-order valence-electron chi connectivity index (χ1n) is 17.7. The maximum atomic E-state index is 13.5. The summed E-state index contributed by atoms with van der Waals surface area (Å²) in [7, 11) is 0. The van der Waals surface area contributed by atoms with E-state index < -0.39 is 17.9 Å². The normalized spacial score (nSPS) is 11.0. The van der Waals surface area contributed by atoms with Crippen LogP contribution in [0.2, 0.25) is 0 Å². The van der Waals surface area contributed by atoms with Gasteiger partial charge in [0.15, 0.2) is 0 Å². The van der Waals surface area contributed by atoms with Gasteiger partial charge in [0.05, 0.1) is 36.5 Å². The summed E-state index contributed by atoms with van der Waals surface area (Å²) in [6.45, 7) is 9.57. The summed E-state index contributed by atoms with van der Waals surface area (Å²) in [5.74, 6) is -1.56. The van der Waals surface area contributed by atoms with Gasteiger partial charge in [0.2, 0.25) is 0 Å². The summed E-state index contributed by atoms with van der Waals surface area (Å²) in [5, 5.41) is 0. The van der Waals surface area contributed by atoms with Crippen molar-refractivity contribution in [1.82, 2.24) is 0 Å². The summed E-state index contributed by atoms with van der Waals surface area (Å²) in [6.07, 6.45) is 21.7. The lowest BCUT2D eigenvalue weighted by molar-refractivity contribution is 0.0446. The SMILES string of the molecule is CCCCCCCCCCc1cc(C(=O)OCCCCCC)cc(C(=O)OCCCCCC)c1C(=O)OCCCCCC. The Morgan fingerprint density at radius 3 is 1.35 bits per heavy atom. The molecule has 6 heteroatoms. The molecule has 0 heterocycles. The fourth-order valence-electron chi connectivity index (χ4n) is 5.18. The predicted molar refractivity (Wildman–Crippen MR) is 176 cm³/mol.